The van der Waals surface area contributed by atoms with Crippen molar-refractivity contribution < 1.29 is 9.32 Å². The van der Waals surface area contributed by atoms with Crippen LogP contribution in [0.5, 0.6) is 0 Å². The molecule has 11 heteroatoms. The summed E-state index contributed by atoms with van der Waals surface area (Å²) >= 11 is 3.49. The van der Waals surface area contributed by atoms with Crippen molar-refractivity contribution in [1.29, 1.82) is 0 Å². The number of aryl methyl sites for hydroxylation is 2. The van der Waals surface area contributed by atoms with E-state index in [1.54, 1.807) is 22.7 Å². The Morgan fingerprint density at radius 1 is 0.962 bits per heavy atom. The van der Waals surface area contributed by atoms with Crippen LogP contribution in [0.25, 0.3) is 31.9 Å². The molecule has 1 aliphatic carbocycles. The summed E-state index contributed by atoms with van der Waals surface area (Å²) in [5, 5.41) is 19.5. The lowest BCUT2D eigenvalue weighted by molar-refractivity contribution is -0.123. The van der Waals surface area contributed by atoms with E-state index in [-0.39, 0.29) is 17.2 Å². The largest absolute Gasteiger partial charge is 0.362 e. The van der Waals surface area contributed by atoms with Crippen LogP contribution in [0, 0.1) is 12.3 Å². The number of aromatic nitrogens is 4. The summed E-state index contributed by atoms with van der Waals surface area (Å²) in [6.45, 7) is 8.76. The Kier molecular flexibility index (Phi) is 9.23. The Morgan fingerprint density at radius 3 is 2.49 bits per heavy atom. The topological polar surface area (TPSA) is 100 Å². The monoisotopic (exact) mass is 743 g/mol. The number of unbranched alkanes of at least 4 members (excludes halogenated alkanes) is 2. The molecule has 9 nitrogen and oxygen atoms in total. The molecule has 272 valence electrons. The van der Waals surface area contributed by atoms with E-state index in [0.717, 1.165) is 79.5 Å². The minimum Gasteiger partial charge on any atom is -0.362 e. The molecule has 1 atom stereocenters. The van der Waals surface area contributed by atoms with Crippen molar-refractivity contribution in [2.24, 2.45) is 5.41 Å². The van der Waals surface area contributed by atoms with Crippen LogP contribution < -0.4 is 15.1 Å². The van der Waals surface area contributed by atoms with Gasteiger partial charge < -0.3 is 19.6 Å². The van der Waals surface area contributed by atoms with E-state index >= 15 is 0 Å². The van der Waals surface area contributed by atoms with Crippen molar-refractivity contribution in [1.82, 2.24) is 25.7 Å². The van der Waals surface area contributed by atoms with Crippen LogP contribution in [0.15, 0.2) is 76.8 Å². The maximum Gasteiger partial charge on any atom is 0.230 e. The summed E-state index contributed by atoms with van der Waals surface area (Å²) in [6, 6.07) is 23.4. The molecule has 6 heterocycles. The van der Waals surface area contributed by atoms with Gasteiger partial charge in [-0.1, -0.05) is 84.4 Å². The smallest absolute Gasteiger partial charge is 0.230 e. The highest BCUT2D eigenvalue weighted by atomic mass is 32.1. The molecule has 1 spiro atoms. The molecule has 3 fully saturated rings. The molecule has 1 N–H and O–H groups in total. The average Bonchev–Trinajstić information content (AvgIpc) is 3.51. The molecule has 6 aromatic rings. The van der Waals surface area contributed by atoms with Gasteiger partial charge in [0.15, 0.2) is 11.6 Å². The van der Waals surface area contributed by atoms with Crippen LogP contribution in [0.3, 0.4) is 0 Å². The second kappa shape index (κ2) is 14.3. The minimum absolute atomic E-state index is 0.0224. The lowest BCUT2D eigenvalue weighted by Crippen LogP contribution is -2.72. The Labute approximate surface area is 318 Å². The predicted octanol–water partition coefficient (Wildman–Crippen LogP) is 9.01. The van der Waals surface area contributed by atoms with Gasteiger partial charge in [-0.25, -0.2) is 4.98 Å². The van der Waals surface area contributed by atoms with Gasteiger partial charge in [-0.2, -0.15) is 0 Å². The molecule has 1 saturated carbocycles. The Bertz CT molecular complexity index is 2210. The average molecular weight is 744 g/mol. The van der Waals surface area contributed by atoms with Gasteiger partial charge in [-0.3, -0.25) is 4.79 Å². The third kappa shape index (κ3) is 6.85. The normalized spacial score (nSPS) is 16.9. The van der Waals surface area contributed by atoms with Crippen molar-refractivity contribution in [2.45, 2.75) is 70.6 Å². The van der Waals surface area contributed by atoms with E-state index < -0.39 is 0 Å². The standard InChI is InChI=1S/C42H45N7O2S2/c1-3-32(39(50)43-19-9-5-6-10-28-13-15-31(16-14-28)38-27(2)44-26-52-38)35-21-36(47-51-35)48-22-42(23-48)24-49(25-42)41-37(30-17-18-30)33-20-34(45-46-40(33)53-41)29-11-7-4-8-12-29/h4,7-8,11-16,20-21,26,30,32H,3,5-6,9-10,17-19,22-25H2,1-2H3,(H,43,50). The molecule has 0 radical (unpaired) electrons. The van der Waals surface area contributed by atoms with E-state index in [4.69, 9.17) is 4.52 Å². The molecule has 53 heavy (non-hydrogen) atoms. The predicted molar refractivity (Wildman–Crippen MR) is 214 cm³/mol. The van der Waals surface area contributed by atoms with Crippen LogP contribution in [0.1, 0.15) is 79.9 Å². The third-order valence-corrected chi connectivity index (χ3v) is 13.4. The molecule has 2 saturated heterocycles. The van der Waals surface area contributed by atoms with Gasteiger partial charge in [-0.15, -0.1) is 21.5 Å². The number of rotatable bonds is 14. The highest BCUT2D eigenvalue weighted by molar-refractivity contribution is 7.22. The molecular weight excluding hydrogens is 699 g/mol. The Balaban J connectivity index is 0.741. The Hall–Kier alpha value is -4.61. The number of nitrogens with one attached hydrogen (secondary N) is 1. The summed E-state index contributed by atoms with van der Waals surface area (Å²) in [5.74, 6) is 1.82. The summed E-state index contributed by atoms with van der Waals surface area (Å²) in [6.07, 6.45) is 7.36. The highest BCUT2D eigenvalue weighted by Crippen LogP contribution is 2.54. The fourth-order valence-corrected chi connectivity index (χ4v) is 10.2. The molecule has 3 aliphatic rings. The summed E-state index contributed by atoms with van der Waals surface area (Å²) < 4.78 is 5.79. The fraction of sp³-hybridized carbons (Fsp3) is 0.405. The second-order valence-corrected chi connectivity index (χ2v) is 17.1. The van der Waals surface area contributed by atoms with Crippen molar-refractivity contribution in [2.75, 3.05) is 42.5 Å². The van der Waals surface area contributed by atoms with Crippen molar-refractivity contribution in [3.8, 4) is 21.7 Å². The number of anilines is 2. The van der Waals surface area contributed by atoms with Crippen LogP contribution in [-0.4, -0.2) is 59.0 Å². The summed E-state index contributed by atoms with van der Waals surface area (Å²) in [5.41, 5.74) is 9.38. The maximum absolute atomic E-state index is 13.2. The molecular formula is C42H45N7O2S2. The zero-order valence-electron chi connectivity index (χ0n) is 30.4. The van der Waals surface area contributed by atoms with Gasteiger partial charge in [0.1, 0.15) is 4.83 Å². The number of fused-ring (bicyclic) bond motifs is 1. The number of thiophene rings is 1. The van der Waals surface area contributed by atoms with Crippen LogP contribution in [0.4, 0.5) is 10.8 Å². The molecule has 1 unspecified atom stereocenters. The first-order valence-corrected chi connectivity index (χ1v) is 20.8. The first-order valence-electron chi connectivity index (χ1n) is 19.1. The number of carbonyl (C=O) groups is 1. The number of nitrogens with zero attached hydrogens (tertiary/aromatic N) is 6. The minimum atomic E-state index is -0.328. The van der Waals surface area contributed by atoms with Gasteiger partial charge in [0.25, 0.3) is 0 Å². The number of hydrogen-bond donors (Lipinski definition) is 1. The number of amides is 1. The van der Waals surface area contributed by atoms with E-state index in [0.29, 0.717) is 24.6 Å². The van der Waals surface area contributed by atoms with Crippen LogP contribution in [-0.2, 0) is 11.2 Å². The highest BCUT2D eigenvalue weighted by Gasteiger charge is 2.53. The van der Waals surface area contributed by atoms with E-state index in [9.17, 15) is 4.79 Å². The number of benzene rings is 2. The van der Waals surface area contributed by atoms with Crippen LogP contribution >= 0.6 is 22.7 Å². The lowest BCUT2D eigenvalue weighted by atomic mass is 9.73. The number of carbonyl (C=O) groups excluding carboxylic acids is 1. The van der Waals surface area contributed by atoms with Crippen molar-refractivity contribution >= 4 is 49.6 Å². The van der Waals surface area contributed by atoms with Gasteiger partial charge in [0.2, 0.25) is 5.91 Å². The quantitative estimate of drug-likeness (QED) is 0.110. The van der Waals surface area contributed by atoms with E-state index in [1.165, 1.54) is 44.8 Å². The summed E-state index contributed by atoms with van der Waals surface area (Å²) in [7, 11) is 0. The first-order chi connectivity index (χ1) is 26.0. The molecule has 2 aliphatic heterocycles. The summed E-state index contributed by atoms with van der Waals surface area (Å²) in [4.78, 5) is 24.7. The van der Waals surface area contributed by atoms with Crippen molar-refractivity contribution in [3.05, 3.63) is 94.8 Å². The third-order valence-electron chi connectivity index (χ3n) is 11.2. The Morgan fingerprint density at radius 2 is 1.75 bits per heavy atom. The molecule has 0 bridgehead atoms. The first kappa shape index (κ1) is 34.2. The lowest BCUT2D eigenvalue weighted by Gasteiger charge is -2.60. The molecule has 1 amide bonds. The zero-order chi connectivity index (χ0) is 35.9. The zero-order valence-corrected chi connectivity index (χ0v) is 32.0. The van der Waals surface area contributed by atoms with E-state index in [2.05, 4.69) is 97.0 Å². The second-order valence-electron chi connectivity index (χ2n) is 15.2. The fourth-order valence-electron chi connectivity index (χ4n) is 8.17. The molecule has 4 aromatic heterocycles. The van der Waals surface area contributed by atoms with Crippen LogP contribution in [0.2, 0.25) is 0 Å². The van der Waals surface area contributed by atoms with Gasteiger partial charge >= 0.3 is 0 Å². The maximum atomic E-state index is 13.2. The van der Waals surface area contributed by atoms with Crippen molar-refractivity contribution in [3.63, 3.8) is 0 Å². The number of thiazole rings is 1. The number of hydrogen-bond acceptors (Lipinski definition) is 10. The van der Waals surface area contributed by atoms with E-state index in [1.807, 2.05) is 24.6 Å². The SMILES string of the molecule is CCC(C(=O)NCCCCCc1ccc(-c2scnc2C)cc1)c1cc(N2CC3(C2)CN(c2sc4nnc(-c5ccccc5)cc4c2C2CC2)C3)no1. The molecule has 2 aromatic carbocycles. The molecule has 9 rings (SSSR count). The van der Waals surface area contributed by atoms with Gasteiger partial charge in [0.05, 0.1) is 32.7 Å². The van der Waals surface area contributed by atoms with Gasteiger partial charge in [-0.05, 0) is 74.1 Å². The van der Waals surface area contributed by atoms with Gasteiger partial charge in [0, 0.05) is 55.2 Å².